The van der Waals surface area contributed by atoms with Crippen LogP contribution in [0.5, 0.6) is 5.75 Å². The molecule has 0 aliphatic carbocycles. The molecule has 1 aromatic carbocycles. The van der Waals surface area contributed by atoms with Crippen molar-refractivity contribution in [2.75, 3.05) is 0 Å². The Labute approximate surface area is 132 Å². The van der Waals surface area contributed by atoms with Gasteiger partial charge >= 0.3 is 11.9 Å². The number of cyclic esters (lactones) is 2. The summed E-state index contributed by atoms with van der Waals surface area (Å²) in [6.45, 7) is 2.78. The molecule has 22 heavy (non-hydrogen) atoms. The van der Waals surface area contributed by atoms with Gasteiger partial charge in [-0.3, -0.25) is 10.1 Å². The lowest BCUT2D eigenvalue weighted by molar-refractivity contribution is -0.385. The maximum Gasteiger partial charge on any atom is 0.348 e. The van der Waals surface area contributed by atoms with E-state index in [1.807, 2.05) is 0 Å². The Kier molecular flexibility index (Phi) is 3.92. The van der Waals surface area contributed by atoms with Gasteiger partial charge in [-0.25, -0.2) is 9.59 Å². The number of hydrogen-bond acceptors (Lipinski definition) is 7. The Morgan fingerprint density at radius 2 is 1.82 bits per heavy atom. The third-order valence-electron chi connectivity index (χ3n) is 2.71. The SMILES string of the molecule is CC1(C)OC(=O)C(=Cc2cc([N+](=O)[O-])cc(Br)c2O)C(=O)O1. The van der Waals surface area contributed by atoms with Gasteiger partial charge in [0.1, 0.15) is 11.3 Å². The van der Waals surface area contributed by atoms with Gasteiger partial charge in [-0.15, -0.1) is 0 Å². The van der Waals surface area contributed by atoms with Crippen molar-refractivity contribution in [2.24, 2.45) is 0 Å². The first-order valence-corrected chi connectivity index (χ1v) is 6.75. The van der Waals surface area contributed by atoms with Crippen molar-refractivity contribution in [1.29, 1.82) is 0 Å². The van der Waals surface area contributed by atoms with Crippen molar-refractivity contribution >= 4 is 39.6 Å². The number of ether oxygens (including phenoxy) is 2. The largest absolute Gasteiger partial charge is 0.506 e. The topological polar surface area (TPSA) is 116 Å². The van der Waals surface area contributed by atoms with Gasteiger partial charge in [-0.2, -0.15) is 0 Å². The molecule has 0 spiro atoms. The molecule has 0 amide bonds. The fourth-order valence-corrected chi connectivity index (χ4v) is 2.22. The average molecular weight is 372 g/mol. The summed E-state index contributed by atoms with van der Waals surface area (Å²) in [5, 5.41) is 20.7. The van der Waals surface area contributed by atoms with E-state index < -0.39 is 28.2 Å². The smallest absolute Gasteiger partial charge is 0.348 e. The molecule has 0 aromatic heterocycles. The number of esters is 2. The second kappa shape index (κ2) is 5.41. The molecular weight excluding hydrogens is 362 g/mol. The van der Waals surface area contributed by atoms with Crippen molar-refractivity contribution in [3.8, 4) is 5.75 Å². The zero-order valence-corrected chi connectivity index (χ0v) is 13.0. The summed E-state index contributed by atoms with van der Waals surface area (Å²) in [6.07, 6.45) is 0.979. The van der Waals surface area contributed by atoms with E-state index in [1.165, 1.54) is 13.8 Å². The summed E-state index contributed by atoms with van der Waals surface area (Å²) in [5.41, 5.74) is -0.888. The fourth-order valence-electron chi connectivity index (χ4n) is 1.75. The van der Waals surface area contributed by atoms with Gasteiger partial charge in [0.25, 0.3) is 11.5 Å². The lowest BCUT2D eigenvalue weighted by atomic mass is 10.1. The molecule has 8 nitrogen and oxygen atoms in total. The highest BCUT2D eigenvalue weighted by molar-refractivity contribution is 9.10. The summed E-state index contributed by atoms with van der Waals surface area (Å²) < 4.78 is 9.85. The minimum atomic E-state index is -1.39. The Bertz CT molecular complexity index is 701. The number of hydrogen-bond donors (Lipinski definition) is 1. The first-order chi connectivity index (χ1) is 10.1. The summed E-state index contributed by atoms with van der Waals surface area (Å²) in [6, 6.07) is 2.12. The molecule has 1 fully saturated rings. The minimum absolute atomic E-state index is 0.0476. The van der Waals surface area contributed by atoms with Crippen molar-refractivity contribution in [2.45, 2.75) is 19.6 Å². The van der Waals surface area contributed by atoms with Gasteiger partial charge in [0.15, 0.2) is 0 Å². The molecule has 0 unspecified atom stereocenters. The quantitative estimate of drug-likeness (QED) is 0.278. The molecule has 116 valence electrons. The molecule has 1 aliphatic heterocycles. The van der Waals surface area contributed by atoms with Crippen LogP contribution in [-0.4, -0.2) is 27.8 Å². The van der Waals surface area contributed by atoms with Gasteiger partial charge in [0.05, 0.1) is 9.40 Å². The molecular formula is C13H10BrNO7. The van der Waals surface area contributed by atoms with E-state index in [0.29, 0.717) is 0 Å². The highest BCUT2D eigenvalue weighted by Crippen LogP contribution is 2.35. The van der Waals surface area contributed by atoms with Gasteiger partial charge in [-0.05, 0) is 22.0 Å². The number of nitro groups is 1. The molecule has 2 rings (SSSR count). The standard InChI is InChI=1S/C13H10BrNO7/c1-13(2)21-11(17)8(12(18)22-13)4-6-3-7(15(19)20)5-9(14)10(6)16/h3-5,16H,1-2H3. The van der Waals surface area contributed by atoms with E-state index in [4.69, 9.17) is 9.47 Å². The number of benzene rings is 1. The lowest BCUT2D eigenvalue weighted by Gasteiger charge is -2.29. The predicted octanol–water partition coefficient (Wildman–Crippen LogP) is 2.28. The Hall–Kier alpha value is -2.42. The second-order valence-corrected chi connectivity index (χ2v) is 5.71. The maximum atomic E-state index is 11.8. The number of non-ortho nitro benzene ring substituents is 1. The van der Waals surface area contributed by atoms with Crippen LogP contribution in [0.2, 0.25) is 0 Å². The number of aromatic hydroxyl groups is 1. The third kappa shape index (κ3) is 3.08. The number of nitro benzene ring substituents is 1. The number of halogens is 1. The van der Waals surface area contributed by atoms with Crippen molar-refractivity contribution < 1.29 is 29.1 Å². The zero-order chi connectivity index (χ0) is 16.7. The Morgan fingerprint density at radius 1 is 1.27 bits per heavy atom. The van der Waals surface area contributed by atoms with E-state index in [2.05, 4.69) is 15.9 Å². The number of carbonyl (C=O) groups is 2. The molecule has 0 bridgehead atoms. The lowest BCUT2D eigenvalue weighted by Crippen LogP contribution is -2.41. The summed E-state index contributed by atoms with van der Waals surface area (Å²) in [7, 11) is 0. The van der Waals surface area contributed by atoms with Crippen LogP contribution in [0.15, 0.2) is 22.2 Å². The minimum Gasteiger partial charge on any atom is -0.506 e. The number of phenolic OH excluding ortho intramolecular Hbond substituents is 1. The van der Waals surface area contributed by atoms with Crippen LogP contribution in [0, 0.1) is 10.1 Å². The molecule has 1 saturated heterocycles. The van der Waals surface area contributed by atoms with E-state index in [9.17, 15) is 24.8 Å². The molecule has 0 radical (unpaired) electrons. The normalized spacial score (nSPS) is 16.8. The molecule has 9 heteroatoms. The monoisotopic (exact) mass is 371 g/mol. The molecule has 1 aromatic rings. The Morgan fingerprint density at radius 3 is 2.32 bits per heavy atom. The van der Waals surface area contributed by atoms with Gasteiger partial charge < -0.3 is 14.6 Å². The van der Waals surface area contributed by atoms with Crippen molar-refractivity contribution in [1.82, 2.24) is 0 Å². The van der Waals surface area contributed by atoms with Crippen LogP contribution in [-0.2, 0) is 19.1 Å². The average Bonchev–Trinajstić information content (AvgIpc) is 2.36. The predicted molar refractivity (Wildman–Crippen MR) is 76.7 cm³/mol. The second-order valence-electron chi connectivity index (χ2n) is 4.86. The highest BCUT2D eigenvalue weighted by Gasteiger charge is 2.39. The molecule has 1 aliphatic rings. The third-order valence-corrected chi connectivity index (χ3v) is 3.31. The molecule has 1 heterocycles. The van der Waals surface area contributed by atoms with Gasteiger partial charge in [0.2, 0.25) is 0 Å². The van der Waals surface area contributed by atoms with Crippen molar-refractivity contribution in [3.05, 3.63) is 37.9 Å². The van der Waals surface area contributed by atoms with Crippen LogP contribution in [0.4, 0.5) is 5.69 Å². The molecule has 0 atom stereocenters. The van der Waals surface area contributed by atoms with Crippen LogP contribution in [0.25, 0.3) is 6.08 Å². The first-order valence-electron chi connectivity index (χ1n) is 5.96. The van der Waals surface area contributed by atoms with Crippen molar-refractivity contribution in [3.63, 3.8) is 0 Å². The van der Waals surface area contributed by atoms with Gasteiger partial charge in [-0.1, -0.05) is 0 Å². The number of nitrogens with zero attached hydrogens (tertiary/aromatic N) is 1. The zero-order valence-electron chi connectivity index (χ0n) is 11.5. The van der Waals surface area contributed by atoms with Crippen LogP contribution in [0.1, 0.15) is 19.4 Å². The van der Waals surface area contributed by atoms with Crippen LogP contribution >= 0.6 is 15.9 Å². The van der Waals surface area contributed by atoms with E-state index in [0.717, 1.165) is 18.2 Å². The first kappa shape index (κ1) is 16.0. The number of phenols is 1. The van der Waals surface area contributed by atoms with E-state index in [1.54, 1.807) is 0 Å². The summed E-state index contributed by atoms with van der Waals surface area (Å²) in [5.74, 6) is -3.63. The van der Waals surface area contributed by atoms with Gasteiger partial charge in [0, 0.05) is 31.5 Å². The van der Waals surface area contributed by atoms with E-state index in [-0.39, 0.29) is 21.5 Å². The maximum absolute atomic E-state index is 11.8. The molecule has 0 saturated carbocycles. The van der Waals surface area contributed by atoms with Crippen LogP contribution < -0.4 is 0 Å². The molecule has 1 N–H and O–H groups in total. The number of carbonyl (C=O) groups excluding carboxylic acids is 2. The summed E-state index contributed by atoms with van der Waals surface area (Å²) >= 11 is 2.96. The summed E-state index contributed by atoms with van der Waals surface area (Å²) in [4.78, 5) is 33.8. The van der Waals surface area contributed by atoms with Crippen LogP contribution in [0.3, 0.4) is 0 Å². The van der Waals surface area contributed by atoms with E-state index >= 15 is 0 Å². The highest BCUT2D eigenvalue weighted by atomic mass is 79.9. The Balaban J connectivity index is 2.51. The fraction of sp³-hybridized carbons (Fsp3) is 0.231. The number of rotatable bonds is 2.